The van der Waals surface area contributed by atoms with Gasteiger partial charge >= 0.3 is 5.97 Å². The van der Waals surface area contributed by atoms with Gasteiger partial charge in [0.2, 0.25) is 24.6 Å². The average Bonchev–Trinajstić information content (AvgIpc) is 3.61. The van der Waals surface area contributed by atoms with Gasteiger partial charge in [0, 0.05) is 17.4 Å². The molecule has 4 aliphatic heterocycles. The second-order valence-electron chi connectivity index (χ2n) is 11.0. The summed E-state index contributed by atoms with van der Waals surface area (Å²) in [6.45, 7) is 2.00. The molecule has 0 saturated carbocycles. The predicted octanol–water partition coefficient (Wildman–Crippen LogP) is 1.20. The highest BCUT2D eigenvalue weighted by atomic mass is 16.8. The molecule has 0 spiro atoms. The first-order chi connectivity index (χ1) is 20.3. The fraction of sp³-hybridized carbons (Fsp3) is 0.552. The van der Waals surface area contributed by atoms with Crippen molar-refractivity contribution in [2.75, 3.05) is 34.2 Å². The summed E-state index contributed by atoms with van der Waals surface area (Å²) < 4.78 is 51.5. The summed E-state index contributed by atoms with van der Waals surface area (Å²) in [5.74, 6) is -0.440. The lowest BCUT2D eigenvalue weighted by atomic mass is 9.67. The molecule has 7 rings (SSSR count). The number of cyclic esters (lactones) is 1. The van der Waals surface area contributed by atoms with Gasteiger partial charge in [-0.1, -0.05) is 0 Å². The van der Waals surface area contributed by atoms with Crippen molar-refractivity contribution in [1.82, 2.24) is 0 Å². The Balaban J connectivity index is 1.34. The summed E-state index contributed by atoms with van der Waals surface area (Å²) >= 11 is 0. The minimum Gasteiger partial charge on any atom is -0.502 e. The fourth-order valence-electron chi connectivity index (χ4n) is 6.71. The van der Waals surface area contributed by atoms with Gasteiger partial charge in [0.05, 0.1) is 33.4 Å². The molecule has 13 nitrogen and oxygen atoms in total. The number of esters is 1. The highest BCUT2D eigenvalue weighted by Crippen LogP contribution is 2.56. The first-order valence-electron chi connectivity index (χ1n) is 13.8. The van der Waals surface area contributed by atoms with Crippen LogP contribution in [0, 0.1) is 11.8 Å². The third-order valence-corrected chi connectivity index (χ3v) is 8.72. The molecule has 4 heterocycles. The Labute approximate surface area is 240 Å². The second kappa shape index (κ2) is 10.3. The van der Waals surface area contributed by atoms with E-state index in [1.165, 1.54) is 14.2 Å². The highest BCUT2D eigenvalue weighted by Gasteiger charge is 2.52. The molecular formula is C29H32O13. The second-order valence-corrected chi connectivity index (χ2v) is 11.0. The Morgan fingerprint density at radius 1 is 0.952 bits per heavy atom. The number of carbonyl (C=O) groups is 1. The first-order valence-corrected chi connectivity index (χ1v) is 13.8. The van der Waals surface area contributed by atoms with Crippen molar-refractivity contribution in [1.29, 1.82) is 0 Å². The van der Waals surface area contributed by atoms with Crippen LogP contribution in [0.25, 0.3) is 0 Å². The Morgan fingerprint density at radius 2 is 1.71 bits per heavy atom. The molecule has 42 heavy (non-hydrogen) atoms. The average molecular weight is 589 g/mol. The molecule has 0 amide bonds. The van der Waals surface area contributed by atoms with E-state index in [2.05, 4.69) is 0 Å². The summed E-state index contributed by atoms with van der Waals surface area (Å²) in [5, 5.41) is 32.5. The smallest absolute Gasteiger partial charge is 0.310 e. The number of aromatic hydroxyl groups is 1. The molecule has 226 valence electrons. The van der Waals surface area contributed by atoms with Gasteiger partial charge in [0.25, 0.3) is 0 Å². The van der Waals surface area contributed by atoms with Crippen molar-refractivity contribution in [3.05, 3.63) is 34.9 Å². The van der Waals surface area contributed by atoms with Crippen LogP contribution >= 0.6 is 0 Å². The molecule has 5 aliphatic rings. The van der Waals surface area contributed by atoms with Gasteiger partial charge in [-0.05, 0) is 42.7 Å². The lowest BCUT2D eigenvalue weighted by Crippen LogP contribution is -2.63. The molecule has 2 aromatic carbocycles. The van der Waals surface area contributed by atoms with Gasteiger partial charge in [0.1, 0.15) is 24.4 Å². The fourth-order valence-corrected chi connectivity index (χ4v) is 6.71. The van der Waals surface area contributed by atoms with Crippen molar-refractivity contribution in [3.63, 3.8) is 0 Å². The lowest BCUT2D eigenvalue weighted by Gasteiger charge is -2.45. The maximum Gasteiger partial charge on any atom is 0.310 e. The molecule has 13 heteroatoms. The van der Waals surface area contributed by atoms with E-state index in [1.807, 2.05) is 6.07 Å². The van der Waals surface area contributed by atoms with Gasteiger partial charge in [-0.15, -0.1) is 0 Å². The number of hydrogen-bond donors (Lipinski definition) is 3. The zero-order chi connectivity index (χ0) is 29.3. The van der Waals surface area contributed by atoms with E-state index < -0.39 is 48.8 Å². The Bertz CT molecular complexity index is 1370. The number of ether oxygens (including phenoxy) is 9. The number of methoxy groups -OCH3 is 2. The van der Waals surface area contributed by atoms with E-state index in [9.17, 15) is 20.1 Å². The number of phenols is 1. The number of carbonyl (C=O) groups excluding carboxylic acids is 1. The topological polar surface area (TPSA) is 161 Å². The largest absolute Gasteiger partial charge is 0.502 e. The minimum atomic E-state index is -1.44. The molecule has 3 saturated heterocycles. The van der Waals surface area contributed by atoms with Gasteiger partial charge in [-0.25, -0.2) is 0 Å². The first kappa shape index (κ1) is 27.3. The van der Waals surface area contributed by atoms with Gasteiger partial charge in [-0.3, -0.25) is 4.79 Å². The minimum absolute atomic E-state index is 0.0595. The van der Waals surface area contributed by atoms with E-state index >= 15 is 0 Å². The maximum absolute atomic E-state index is 13.1. The van der Waals surface area contributed by atoms with E-state index in [0.29, 0.717) is 34.6 Å². The van der Waals surface area contributed by atoms with E-state index in [4.69, 9.17) is 42.6 Å². The van der Waals surface area contributed by atoms with Crippen LogP contribution in [0.3, 0.4) is 0 Å². The number of rotatable bonds is 5. The highest BCUT2D eigenvalue weighted by molar-refractivity contribution is 5.79. The van der Waals surface area contributed by atoms with Crippen LogP contribution in [-0.4, -0.2) is 92.5 Å². The summed E-state index contributed by atoms with van der Waals surface area (Å²) in [4.78, 5) is 13.1. The zero-order valence-electron chi connectivity index (χ0n) is 23.2. The molecule has 1 aliphatic carbocycles. The number of aliphatic hydroxyl groups is 2. The van der Waals surface area contributed by atoms with E-state index in [-0.39, 0.29) is 54.9 Å². The maximum atomic E-state index is 13.1. The van der Waals surface area contributed by atoms with Crippen LogP contribution in [0.2, 0.25) is 0 Å². The summed E-state index contributed by atoms with van der Waals surface area (Å²) in [6, 6.07) is 5.15. The molecule has 0 bridgehead atoms. The van der Waals surface area contributed by atoms with Crippen molar-refractivity contribution in [2.45, 2.75) is 56.3 Å². The van der Waals surface area contributed by atoms with Crippen LogP contribution in [-0.2, 0) is 30.2 Å². The monoisotopic (exact) mass is 588 g/mol. The van der Waals surface area contributed by atoms with Crippen molar-refractivity contribution in [3.8, 4) is 34.5 Å². The molecule has 0 aromatic heterocycles. The number of phenolic OH excluding ortho intramolecular Hbond substituents is 1. The third kappa shape index (κ3) is 4.21. The van der Waals surface area contributed by atoms with Gasteiger partial charge < -0.3 is 58.0 Å². The summed E-state index contributed by atoms with van der Waals surface area (Å²) in [6.07, 6.45) is -5.63. The van der Waals surface area contributed by atoms with Gasteiger partial charge in [-0.2, -0.15) is 0 Å². The molecule has 9 atom stereocenters. The zero-order valence-corrected chi connectivity index (χ0v) is 23.2. The lowest BCUT2D eigenvalue weighted by molar-refractivity contribution is -0.344. The van der Waals surface area contributed by atoms with Crippen molar-refractivity contribution >= 4 is 5.97 Å². The van der Waals surface area contributed by atoms with E-state index in [0.717, 1.165) is 0 Å². The van der Waals surface area contributed by atoms with Crippen molar-refractivity contribution in [2.24, 2.45) is 11.8 Å². The number of aliphatic hydroxyl groups excluding tert-OH is 2. The van der Waals surface area contributed by atoms with Crippen molar-refractivity contribution < 1.29 is 62.7 Å². The SMILES string of the molecule is COc1cc(C2c3cc4c(c(OC5OC6COC(C)OC6C(O)C5O)c3C[C@H]3COC(=O)C23)OCO4)cc(OC)c1O. The predicted molar refractivity (Wildman–Crippen MR) is 139 cm³/mol. The van der Waals surface area contributed by atoms with Crippen LogP contribution in [0.4, 0.5) is 0 Å². The molecule has 3 N–H and O–H groups in total. The number of benzene rings is 2. The van der Waals surface area contributed by atoms with E-state index in [1.54, 1.807) is 19.1 Å². The quantitative estimate of drug-likeness (QED) is 0.428. The standard InChI is InChI=1S/C29H32O13/c1-11-36-9-19-26(40-11)23(31)24(32)29(41-19)42-25-15-4-13-8-37-28(33)21(13)20(14(15)7-18-27(25)39-10-38-18)12-5-16(34-2)22(30)17(6-12)35-3/h5-7,11,13,19-21,23-24,26,29-32H,4,8-10H2,1-3H3/t11?,13-,19?,20?,21?,23?,24?,26?,29?/m0/s1. The Kier molecular flexibility index (Phi) is 6.74. The van der Waals surface area contributed by atoms with Crippen LogP contribution in [0.15, 0.2) is 18.2 Å². The van der Waals surface area contributed by atoms with Crippen LogP contribution in [0.5, 0.6) is 34.5 Å². The normalized spacial score (nSPS) is 34.6. The Morgan fingerprint density at radius 3 is 2.45 bits per heavy atom. The third-order valence-electron chi connectivity index (χ3n) is 8.72. The summed E-state index contributed by atoms with van der Waals surface area (Å²) in [5.41, 5.74) is 2.08. The van der Waals surface area contributed by atoms with Crippen LogP contribution in [0.1, 0.15) is 29.5 Å². The van der Waals surface area contributed by atoms with Gasteiger partial charge in [0.15, 0.2) is 29.3 Å². The van der Waals surface area contributed by atoms with Crippen LogP contribution < -0.4 is 23.7 Å². The summed E-state index contributed by atoms with van der Waals surface area (Å²) in [7, 11) is 2.86. The molecular weight excluding hydrogens is 556 g/mol. The Hall–Kier alpha value is -3.49. The molecule has 8 unspecified atom stereocenters. The number of hydrogen-bond acceptors (Lipinski definition) is 13. The molecule has 2 aromatic rings. The number of fused-ring (bicyclic) bond motifs is 4. The molecule has 3 fully saturated rings. The molecule has 0 radical (unpaired) electrons.